The first-order chi connectivity index (χ1) is 9.93. The highest BCUT2D eigenvalue weighted by molar-refractivity contribution is 6.33. The Morgan fingerprint density at radius 3 is 2.67 bits per heavy atom. The van der Waals surface area contributed by atoms with Crippen molar-refractivity contribution in [1.82, 2.24) is 15.6 Å². The maximum Gasteiger partial charge on any atom is 0.252 e. The average Bonchev–Trinajstić information content (AvgIpc) is 2.40. The summed E-state index contributed by atoms with van der Waals surface area (Å²) >= 11 is 6.02. The van der Waals surface area contributed by atoms with Crippen LogP contribution >= 0.6 is 11.6 Å². The molecule has 1 heterocycles. The molecule has 0 fully saturated rings. The first-order valence-electron chi connectivity index (χ1n) is 6.91. The number of nitrogens with one attached hydrogen (secondary N) is 3. The van der Waals surface area contributed by atoms with E-state index in [0.717, 1.165) is 0 Å². The number of nitrogens with zero attached hydrogens (tertiary/aromatic N) is 1. The van der Waals surface area contributed by atoms with Crippen LogP contribution in [0.4, 0.5) is 5.82 Å². The van der Waals surface area contributed by atoms with Gasteiger partial charge in [-0.2, -0.15) is 0 Å². The second kappa shape index (κ2) is 8.46. The van der Waals surface area contributed by atoms with Crippen molar-refractivity contribution in [2.45, 2.75) is 33.2 Å². The standard InChI is InChI=1S/C14H21ClN4O2/c1-4-16-13-11(15)7-10(8-18-13)14(21)17-6-5-12(20)19-9(2)3/h7-9H,4-6H2,1-3H3,(H,16,18)(H,17,21)(H,19,20). The molecule has 116 valence electrons. The summed E-state index contributed by atoms with van der Waals surface area (Å²) < 4.78 is 0. The molecular weight excluding hydrogens is 292 g/mol. The van der Waals surface area contributed by atoms with Crippen LogP contribution in [0.3, 0.4) is 0 Å². The molecule has 0 aliphatic rings. The fourth-order valence-electron chi connectivity index (χ4n) is 1.65. The summed E-state index contributed by atoms with van der Waals surface area (Å²) in [4.78, 5) is 27.4. The zero-order valence-electron chi connectivity index (χ0n) is 12.5. The van der Waals surface area contributed by atoms with Crippen LogP contribution in [0.25, 0.3) is 0 Å². The lowest BCUT2D eigenvalue weighted by molar-refractivity contribution is -0.121. The molecule has 7 heteroatoms. The third-order valence-electron chi connectivity index (χ3n) is 2.53. The highest BCUT2D eigenvalue weighted by Gasteiger charge is 2.10. The van der Waals surface area contributed by atoms with Gasteiger partial charge >= 0.3 is 0 Å². The van der Waals surface area contributed by atoms with Crippen LogP contribution in [-0.4, -0.2) is 35.9 Å². The second-order valence-electron chi connectivity index (χ2n) is 4.81. The summed E-state index contributed by atoms with van der Waals surface area (Å²) in [5.74, 6) is 0.153. The van der Waals surface area contributed by atoms with Gasteiger partial charge in [0.05, 0.1) is 10.6 Å². The molecule has 21 heavy (non-hydrogen) atoms. The van der Waals surface area contributed by atoms with Crippen molar-refractivity contribution in [2.75, 3.05) is 18.4 Å². The number of hydrogen-bond acceptors (Lipinski definition) is 4. The molecule has 0 radical (unpaired) electrons. The molecule has 2 amide bonds. The maximum absolute atomic E-state index is 11.9. The molecule has 0 aromatic carbocycles. The van der Waals surface area contributed by atoms with Crippen LogP contribution in [-0.2, 0) is 4.79 Å². The first-order valence-corrected chi connectivity index (χ1v) is 7.28. The van der Waals surface area contributed by atoms with Crippen molar-refractivity contribution < 1.29 is 9.59 Å². The largest absolute Gasteiger partial charge is 0.369 e. The molecule has 1 rings (SSSR count). The van der Waals surface area contributed by atoms with Gasteiger partial charge in [0.15, 0.2) is 0 Å². The molecule has 0 aliphatic carbocycles. The molecular formula is C14H21ClN4O2. The number of anilines is 1. The van der Waals surface area contributed by atoms with E-state index in [2.05, 4.69) is 20.9 Å². The van der Waals surface area contributed by atoms with Crippen molar-refractivity contribution in [3.8, 4) is 0 Å². The minimum Gasteiger partial charge on any atom is -0.369 e. The minimum absolute atomic E-state index is 0.0924. The normalized spacial score (nSPS) is 10.3. The summed E-state index contributed by atoms with van der Waals surface area (Å²) in [6.07, 6.45) is 1.69. The van der Waals surface area contributed by atoms with Crippen LogP contribution in [0.5, 0.6) is 0 Å². The Labute approximate surface area is 129 Å². The molecule has 1 aromatic heterocycles. The number of carbonyl (C=O) groups excluding carboxylic acids is 2. The van der Waals surface area contributed by atoms with E-state index in [4.69, 9.17) is 11.6 Å². The predicted molar refractivity (Wildman–Crippen MR) is 83.6 cm³/mol. The first kappa shape index (κ1) is 17.2. The molecule has 0 saturated carbocycles. The van der Waals surface area contributed by atoms with E-state index in [-0.39, 0.29) is 30.8 Å². The van der Waals surface area contributed by atoms with Crippen LogP contribution in [0.15, 0.2) is 12.3 Å². The molecule has 3 N–H and O–H groups in total. The van der Waals surface area contributed by atoms with Gasteiger partial charge < -0.3 is 16.0 Å². The number of halogens is 1. The van der Waals surface area contributed by atoms with E-state index < -0.39 is 0 Å². The molecule has 1 aromatic rings. The quantitative estimate of drug-likeness (QED) is 0.717. The molecule has 0 aliphatic heterocycles. The Kier molecular flexibility index (Phi) is 6.94. The fourth-order valence-corrected chi connectivity index (χ4v) is 1.88. The van der Waals surface area contributed by atoms with E-state index in [1.807, 2.05) is 20.8 Å². The Bertz CT molecular complexity index is 506. The minimum atomic E-state index is -0.301. The van der Waals surface area contributed by atoms with Crippen molar-refractivity contribution in [3.05, 3.63) is 22.8 Å². The molecule has 0 spiro atoms. The lowest BCUT2D eigenvalue weighted by Gasteiger charge is -2.10. The highest BCUT2D eigenvalue weighted by Crippen LogP contribution is 2.19. The van der Waals surface area contributed by atoms with Gasteiger partial charge in [0.2, 0.25) is 5.91 Å². The van der Waals surface area contributed by atoms with Crippen molar-refractivity contribution >= 4 is 29.2 Å². The Hall–Kier alpha value is -1.82. The molecule has 6 nitrogen and oxygen atoms in total. The summed E-state index contributed by atoms with van der Waals surface area (Å²) in [5, 5.41) is 8.80. The number of hydrogen-bond donors (Lipinski definition) is 3. The van der Waals surface area contributed by atoms with Gasteiger partial charge in [0.1, 0.15) is 5.82 Å². The topological polar surface area (TPSA) is 83.1 Å². The number of amides is 2. The Morgan fingerprint density at radius 1 is 1.38 bits per heavy atom. The summed E-state index contributed by atoms with van der Waals surface area (Å²) in [7, 11) is 0. The second-order valence-corrected chi connectivity index (χ2v) is 5.22. The average molecular weight is 313 g/mol. The lowest BCUT2D eigenvalue weighted by atomic mass is 10.2. The number of aromatic nitrogens is 1. The molecule has 0 saturated heterocycles. The number of rotatable bonds is 7. The SMILES string of the molecule is CCNc1ncc(C(=O)NCCC(=O)NC(C)C)cc1Cl. The van der Waals surface area contributed by atoms with Crippen LogP contribution in [0.2, 0.25) is 5.02 Å². The summed E-state index contributed by atoms with van der Waals surface area (Å²) in [5.41, 5.74) is 0.367. The third-order valence-corrected chi connectivity index (χ3v) is 2.82. The fraction of sp³-hybridized carbons (Fsp3) is 0.500. The van der Waals surface area contributed by atoms with E-state index in [1.165, 1.54) is 6.20 Å². The van der Waals surface area contributed by atoms with Crippen LogP contribution < -0.4 is 16.0 Å². The number of pyridine rings is 1. The van der Waals surface area contributed by atoms with Gasteiger partial charge in [-0.3, -0.25) is 9.59 Å². The van der Waals surface area contributed by atoms with Gasteiger partial charge in [-0.15, -0.1) is 0 Å². The zero-order chi connectivity index (χ0) is 15.8. The van der Waals surface area contributed by atoms with Crippen molar-refractivity contribution in [1.29, 1.82) is 0 Å². The summed E-state index contributed by atoms with van der Waals surface area (Å²) in [6, 6.07) is 1.64. The van der Waals surface area contributed by atoms with Gasteiger partial charge in [0, 0.05) is 31.7 Å². The monoisotopic (exact) mass is 312 g/mol. The Balaban J connectivity index is 2.49. The Morgan fingerprint density at radius 2 is 2.10 bits per heavy atom. The molecule has 0 bridgehead atoms. The predicted octanol–water partition coefficient (Wildman–Crippen LogP) is 1.81. The smallest absolute Gasteiger partial charge is 0.252 e. The molecule has 0 atom stereocenters. The van der Waals surface area contributed by atoms with Gasteiger partial charge in [-0.05, 0) is 26.8 Å². The van der Waals surface area contributed by atoms with E-state index in [1.54, 1.807) is 6.07 Å². The van der Waals surface area contributed by atoms with Crippen molar-refractivity contribution in [3.63, 3.8) is 0 Å². The van der Waals surface area contributed by atoms with E-state index >= 15 is 0 Å². The summed E-state index contributed by atoms with van der Waals surface area (Å²) in [6.45, 7) is 6.67. The van der Waals surface area contributed by atoms with Gasteiger partial charge in [0.25, 0.3) is 5.91 Å². The van der Waals surface area contributed by atoms with Crippen LogP contribution in [0.1, 0.15) is 37.6 Å². The third kappa shape index (κ3) is 5.99. The maximum atomic E-state index is 11.9. The zero-order valence-corrected chi connectivity index (χ0v) is 13.3. The number of carbonyl (C=O) groups is 2. The van der Waals surface area contributed by atoms with E-state index in [9.17, 15) is 9.59 Å². The van der Waals surface area contributed by atoms with Gasteiger partial charge in [-0.25, -0.2) is 4.98 Å². The lowest BCUT2D eigenvalue weighted by Crippen LogP contribution is -2.34. The van der Waals surface area contributed by atoms with Crippen LogP contribution in [0, 0.1) is 0 Å². The van der Waals surface area contributed by atoms with Crippen molar-refractivity contribution in [2.24, 2.45) is 0 Å². The van der Waals surface area contributed by atoms with Gasteiger partial charge in [-0.1, -0.05) is 11.6 Å². The highest BCUT2D eigenvalue weighted by atomic mass is 35.5. The van der Waals surface area contributed by atoms with E-state index in [0.29, 0.717) is 22.9 Å². The molecule has 0 unspecified atom stereocenters.